The van der Waals surface area contributed by atoms with Gasteiger partial charge in [0, 0.05) is 11.3 Å². The van der Waals surface area contributed by atoms with Crippen LogP contribution in [0.5, 0.6) is 0 Å². The normalized spacial score (nSPS) is 20.6. The van der Waals surface area contributed by atoms with E-state index in [1.807, 2.05) is 6.92 Å². The summed E-state index contributed by atoms with van der Waals surface area (Å²) in [6.45, 7) is 1.89. The molecular formula is C10H10O3S. The summed E-state index contributed by atoms with van der Waals surface area (Å²) in [5.41, 5.74) is 1.05. The zero-order chi connectivity index (χ0) is 10.3. The minimum atomic E-state index is -0.926. The van der Waals surface area contributed by atoms with E-state index in [9.17, 15) is 9.59 Å². The molecule has 1 aliphatic rings. The van der Waals surface area contributed by atoms with Gasteiger partial charge in [-0.1, -0.05) is 6.92 Å². The van der Waals surface area contributed by atoms with E-state index in [2.05, 4.69) is 0 Å². The molecule has 1 N–H and O–H groups in total. The number of ketones is 1. The van der Waals surface area contributed by atoms with E-state index in [1.54, 1.807) is 5.38 Å². The first-order valence-corrected chi connectivity index (χ1v) is 5.37. The van der Waals surface area contributed by atoms with Crippen molar-refractivity contribution in [1.82, 2.24) is 0 Å². The average molecular weight is 210 g/mol. The minimum Gasteiger partial charge on any atom is -0.478 e. The molecule has 0 saturated heterocycles. The fourth-order valence-electron chi connectivity index (χ4n) is 1.73. The second kappa shape index (κ2) is 3.20. The Kier molecular flexibility index (Phi) is 2.15. The van der Waals surface area contributed by atoms with Gasteiger partial charge in [0.25, 0.3) is 0 Å². The van der Waals surface area contributed by atoms with Crippen LogP contribution in [-0.4, -0.2) is 16.9 Å². The topological polar surface area (TPSA) is 54.4 Å². The quantitative estimate of drug-likeness (QED) is 0.773. The van der Waals surface area contributed by atoms with Gasteiger partial charge in [0.15, 0.2) is 5.78 Å². The Morgan fingerprint density at radius 2 is 2.36 bits per heavy atom. The predicted molar refractivity (Wildman–Crippen MR) is 53.1 cm³/mol. The molecule has 1 aromatic heterocycles. The summed E-state index contributed by atoms with van der Waals surface area (Å²) in [6.07, 6.45) is 1.48. The Bertz CT molecular complexity index is 405. The van der Waals surface area contributed by atoms with Gasteiger partial charge in [0.2, 0.25) is 0 Å². The van der Waals surface area contributed by atoms with Crippen molar-refractivity contribution in [3.63, 3.8) is 0 Å². The number of carboxylic acid groups (broad SMARTS) is 1. The SMILES string of the molecule is CC1CCc2c(C(=O)O)csc2C1=O. The van der Waals surface area contributed by atoms with Crippen LogP contribution < -0.4 is 0 Å². The van der Waals surface area contributed by atoms with Crippen LogP contribution in [0, 0.1) is 5.92 Å². The van der Waals surface area contributed by atoms with Crippen LogP contribution in [0.15, 0.2) is 5.38 Å². The molecule has 1 aromatic rings. The Labute approximate surface area is 85.4 Å². The lowest BCUT2D eigenvalue weighted by Crippen LogP contribution is -2.19. The van der Waals surface area contributed by atoms with Crippen molar-refractivity contribution in [3.8, 4) is 0 Å². The Morgan fingerprint density at radius 3 is 3.00 bits per heavy atom. The second-order valence-corrected chi connectivity index (χ2v) is 4.45. The van der Waals surface area contributed by atoms with Crippen LogP contribution >= 0.6 is 11.3 Å². The van der Waals surface area contributed by atoms with Crippen molar-refractivity contribution in [1.29, 1.82) is 0 Å². The molecule has 1 heterocycles. The third kappa shape index (κ3) is 1.26. The van der Waals surface area contributed by atoms with Gasteiger partial charge in [-0.3, -0.25) is 4.79 Å². The number of carbonyl (C=O) groups is 2. The number of thiophene rings is 1. The summed E-state index contributed by atoms with van der Waals surface area (Å²) in [7, 11) is 0. The smallest absolute Gasteiger partial charge is 0.336 e. The van der Waals surface area contributed by atoms with Gasteiger partial charge in [-0.2, -0.15) is 0 Å². The fraction of sp³-hybridized carbons (Fsp3) is 0.400. The summed E-state index contributed by atoms with van der Waals surface area (Å²) in [6, 6.07) is 0. The number of carboxylic acids is 1. The van der Waals surface area contributed by atoms with Crippen LogP contribution in [0.2, 0.25) is 0 Å². The molecule has 0 radical (unpaired) electrons. The largest absolute Gasteiger partial charge is 0.478 e. The molecule has 0 bridgehead atoms. The molecule has 1 aliphatic carbocycles. The maximum atomic E-state index is 11.7. The molecule has 3 nitrogen and oxygen atoms in total. The van der Waals surface area contributed by atoms with Gasteiger partial charge in [0.05, 0.1) is 10.4 Å². The van der Waals surface area contributed by atoms with Gasteiger partial charge < -0.3 is 5.11 Å². The molecular weight excluding hydrogens is 200 g/mol. The number of hydrogen-bond acceptors (Lipinski definition) is 3. The maximum absolute atomic E-state index is 11.7. The monoisotopic (exact) mass is 210 g/mol. The standard InChI is InChI=1S/C10H10O3S/c1-5-2-3-6-7(10(12)13)4-14-9(6)8(5)11/h4-5H,2-3H2,1H3,(H,12,13). The molecule has 0 fully saturated rings. The molecule has 0 spiro atoms. The van der Waals surface area contributed by atoms with E-state index < -0.39 is 5.97 Å². The predicted octanol–water partition coefficient (Wildman–Crippen LogP) is 2.21. The van der Waals surface area contributed by atoms with Crippen LogP contribution in [0.25, 0.3) is 0 Å². The third-order valence-electron chi connectivity index (χ3n) is 2.62. The highest BCUT2D eigenvalue weighted by atomic mass is 32.1. The van der Waals surface area contributed by atoms with Crippen molar-refractivity contribution in [2.24, 2.45) is 5.92 Å². The summed E-state index contributed by atoms with van der Waals surface area (Å²) in [5.74, 6) is -0.781. The summed E-state index contributed by atoms with van der Waals surface area (Å²) < 4.78 is 0. The van der Waals surface area contributed by atoms with Crippen LogP contribution in [0.1, 0.15) is 38.9 Å². The first-order valence-electron chi connectivity index (χ1n) is 4.49. The lowest BCUT2D eigenvalue weighted by Gasteiger charge is -2.16. The highest BCUT2D eigenvalue weighted by molar-refractivity contribution is 7.12. The summed E-state index contributed by atoms with van der Waals surface area (Å²) in [5, 5.41) is 10.4. The Hall–Kier alpha value is -1.16. The molecule has 0 saturated carbocycles. The Morgan fingerprint density at radius 1 is 1.64 bits per heavy atom. The second-order valence-electron chi connectivity index (χ2n) is 3.57. The molecule has 1 atom stereocenters. The number of Topliss-reactive ketones (excluding diaryl/α,β-unsaturated/α-hetero) is 1. The molecule has 0 aliphatic heterocycles. The first kappa shape index (κ1) is 9.40. The van der Waals surface area contributed by atoms with Crippen molar-refractivity contribution in [2.45, 2.75) is 19.8 Å². The number of hydrogen-bond donors (Lipinski definition) is 1. The van der Waals surface area contributed by atoms with Gasteiger partial charge >= 0.3 is 5.97 Å². The van der Waals surface area contributed by atoms with E-state index >= 15 is 0 Å². The highest BCUT2D eigenvalue weighted by Gasteiger charge is 2.29. The molecule has 4 heteroatoms. The van der Waals surface area contributed by atoms with Crippen LogP contribution in [-0.2, 0) is 6.42 Å². The molecule has 0 amide bonds. The minimum absolute atomic E-state index is 0.0443. The zero-order valence-corrected chi connectivity index (χ0v) is 8.56. The zero-order valence-electron chi connectivity index (χ0n) is 7.74. The van der Waals surface area contributed by atoms with Gasteiger partial charge in [-0.15, -0.1) is 11.3 Å². The number of rotatable bonds is 1. The summed E-state index contributed by atoms with van der Waals surface area (Å²) >= 11 is 1.26. The molecule has 0 aromatic carbocycles. The molecule has 14 heavy (non-hydrogen) atoms. The van der Waals surface area contributed by atoms with Crippen LogP contribution in [0.4, 0.5) is 0 Å². The lowest BCUT2D eigenvalue weighted by molar-refractivity contribution is 0.0696. The van der Waals surface area contributed by atoms with E-state index in [0.29, 0.717) is 16.9 Å². The number of carbonyl (C=O) groups excluding carboxylic acids is 1. The van der Waals surface area contributed by atoms with Crippen molar-refractivity contribution in [3.05, 3.63) is 21.4 Å². The van der Waals surface area contributed by atoms with Crippen molar-refractivity contribution >= 4 is 23.1 Å². The molecule has 74 valence electrons. The first-order chi connectivity index (χ1) is 6.61. The van der Waals surface area contributed by atoms with Gasteiger partial charge in [-0.05, 0) is 18.4 Å². The van der Waals surface area contributed by atoms with E-state index in [1.165, 1.54) is 11.3 Å². The average Bonchev–Trinajstić information content (AvgIpc) is 2.55. The fourth-order valence-corrected chi connectivity index (χ4v) is 2.88. The van der Waals surface area contributed by atoms with Gasteiger partial charge in [-0.25, -0.2) is 4.79 Å². The van der Waals surface area contributed by atoms with Gasteiger partial charge in [0.1, 0.15) is 0 Å². The summed E-state index contributed by atoms with van der Waals surface area (Å²) in [4.78, 5) is 23.1. The van der Waals surface area contributed by atoms with Crippen molar-refractivity contribution in [2.75, 3.05) is 0 Å². The van der Waals surface area contributed by atoms with E-state index in [0.717, 1.165) is 12.0 Å². The van der Waals surface area contributed by atoms with Crippen molar-refractivity contribution < 1.29 is 14.7 Å². The lowest BCUT2D eigenvalue weighted by atomic mass is 9.87. The van der Waals surface area contributed by atoms with Crippen LogP contribution in [0.3, 0.4) is 0 Å². The third-order valence-corrected chi connectivity index (χ3v) is 3.66. The number of aromatic carboxylic acids is 1. The number of fused-ring (bicyclic) bond motifs is 1. The Balaban J connectivity index is 2.51. The molecule has 2 rings (SSSR count). The maximum Gasteiger partial charge on any atom is 0.336 e. The van der Waals surface area contributed by atoms with E-state index in [4.69, 9.17) is 5.11 Å². The van der Waals surface area contributed by atoms with E-state index in [-0.39, 0.29) is 11.7 Å². The molecule has 1 unspecified atom stereocenters. The highest BCUT2D eigenvalue weighted by Crippen LogP contribution is 2.32.